The Morgan fingerprint density at radius 1 is 1.38 bits per heavy atom. The molecule has 0 bridgehead atoms. The smallest absolute Gasteiger partial charge is 0.234 e. The largest absolute Gasteiger partial charge is 0.337 e. The number of hydrogen-bond acceptors (Lipinski definition) is 3. The molecule has 0 aromatic heterocycles. The highest BCUT2D eigenvalue weighted by atomic mass is 35.5. The Labute approximate surface area is 135 Å². The van der Waals surface area contributed by atoms with Crippen LogP contribution in [0.3, 0.4) is 0 Å². The minimum Gasteiger partial charge on any atom is -0.337 e. The van der Waals surface area contributed by atoms with Gasteiger partial charge in [-0.05, 0) is 31.9 Å². The molecule has 0 radical (unpaired) electrons. The van der Waals surface area contributed by atoms with Gasteiger partial charge in [-0.3, -0.25) is 4.79 Å². The molecule has 1 aromatic rings. The van der Waals surface area contributed by atoms with Crippen molar-refractivity contribution in [1.82, 2.24) is 5.32 Å². The van der Waals surface area contributed by atoms with Crippen LogP contribution >= 0.6 is 23.4 Å². The molecular formula is C16H19ClN2OS. The number of rotatable bonds is 4. The lowest BCUT2D eigenvalue weighted by Gasteiger charge is -2.32. The van der Waals surface area contributed by atoms with E-state index in [2.05, 4.69) is 11.4 Å². The van der Waals surface area contributed by atoms with Crippen LogP contribution in [0, 0.1) is 11.3 Å². The molecule has 112 valence electrons. The van der Waals surface area contributed by atoms with Gasteiger partial charge in [-0.15, -0.1) is 11.8 Å². The van der Waals surface area contributed by atoms with E-state index < -0.39 is 5.54 Å². The maximum absolute atomic E-state index is 12.4. The van der Waals surface area contributed by atoms with Gasteiger partial charge in [-0.25, -0.2) is 0 Å². The van der Waals surface area contributed by atoms with Crippen LogP contribution in [0.2, 0.25) is 5.02 Å². The molecular weight excluding hydrogens is 304 g/mol. The summed E-state index contributed by atoms with van der Waals surface area (Å²) in [5, 5.41) is 12.7. The highest BCUT2D eigenvalue weighted by Gasteiger charge is 2.34. The minimum atomic E-state index is -0.676. The van der Waals surface area contributed by atoms with Gasteiger partial charge in [0, 0.05) is 4.90 Å². The molecule has 5 heteroatoms. The van der Waals surface area contributed by atoms with Gasteiger partial charge in [0.1, 0.15) is 5.54 Å². The Morgan fingerprint density at radius 3 is 2.67 bits per heavy atom. The quantitative estimate of drug-likeness (QED) is 0.847. The molecule has 0 saturated heterocycles. The zero-order valence-corrected chi connectivity index (χ0v) is 13.6. The van der Waals surface area contributed by atoms with E-state index in [-0.39, 0.29) is 11.2 Å². The van der Waals surface area contributed by atoms with Crippen LogP contribution in [0.5, 0.6) is 0 Å². The molecule has 1 aliphatic rings. The Balaban J connectivity index is 1.99. The number of benzene rings is 1. The van der Waals surface area contributed by atoms with E-state index >= 15 is 0 Å². The fraction of sp³-hybridized carbons (Fsp3) is 0.500. The Hall–Kier alpha value is -1.18. The van der Waals surface area contributed by atoms with Crippen molar-refractivity contribution in [2.75, 3.05) is 0 Å². The van der Waals surface area contributed by atoms with Crippen LogP contribution in [-0.2, 0) is 4.79 Å². The molecule has 1 aliphatic carbocycles. The standard InChI is InChI=1S/C16H19ClN2OS/c1-12(21-14-8-4-3-7-13(14)17)15(20)19-16(11-18)9-5-2-6-10-16/h3-4,7-8,12H,2,5-6,9-10H2,1H3,(H,19,20). The molecule has 1 atom stereocenters. The normalized spacial score (nSPS) is 18.5. The number of amides is 1. The van der Waals surface area contributed by atoms with E-state index in [1.54, 1.807) is 0 Å². The predicted molar refractivity (Wildman–Crippen MR) is 86.3 cm³/mol. The third kappa shape index (κ3) is 4.15. The number of nitriles is 1. The van der Waals surface area contributed by atoms with E-state index in [0.29, 0.717) is 5.02 Å². The second-order valence-corrected chi connectivity index (χ2v) is 7.22. The van der Waals surface area contributed by atoms with E-state index in [9.17, 15) is 10.1 Å². The number of thioether (sulfide) groups is 1. The Kier molecular flexibility index (Phi) is 5.55. The number of nitrogens with one attached hydrogen (secondary N) is 1. The van der Waals surface area contributed by atoms with E-state index in [1.165, 1.54) is 11.8 Å². The Bertz CT molecular complexity index is 549. The first-order valence-electron chi connectivity index (χ1n) is 7.21. The van der Waals surface area contributed by atoms with Gasteiger partial charge in [0.2, 0.25) is 5.91 Å². The second kappa shape index (κ2) is 7.20. The molecule has 21 heavy (non-hydrogen) atoms. The fourth-order valence-electron chi connectivity index (χ4n) is 2.54. The molecule has 3 nitrogen and oxygen atoms in total. The van der Waals surface area contributed by atoms with Gasteiger partial charge in [-0.2, -0.15) is 5.26 Å². The van der Waals surface area contributed by atoms with Crippen LogP contribution < -0.4 is 5.32 Å². The van der Waals surface area contributed by atoms with Crippen molar-refractivity contribution >= 4 is 29.3 Å². The first-order valence-corrected chi connectivity index (χ1v) is 8.46. The van der Waals surface area contributed by atoms with Crippen molar-refractivity contribution in [3.05, 3.63) is 29.3 Å². The number of hydrogen-bond donors (Lipinski definition) is 1. The Morgan fingerprint density at radius 2 is 2.05 bits per heavy atom. The first-order chi connectivity index (χ1) is 10.1. The molecule has 1 saturated carbocycles. The lowest BCUT2D eigenvalue weighted by molar-refractivity contribution is -0.121. The van der Waals surface area contributed by atoms with E-state index in [4.69, 9.17) is 11.6 Å². The molecule has 0 heterocycles. The summed E-state index contributed by atoms with van der Waals surface area (Å²) in [6.07, 6.45) is 4.64. The molecule has 1 aromatic carbocycles. The fourth-order valence-corrected chi connectivity index (χ4v) is 3.70. The first kappa shape index (κ1) is 16.2. The van der Waals surface area contributed by atoms with Crippen molar-refractivity contribution in [1.29, 1.82) is 5.26 Å². The number of halogens is 1. The zero-order valence-electron chi connectivity index (χ0n) is 12.1. The summed E-state index contributed by atoms with van der Waals surface area (Å²) in [7, 11) is 0. The van der Waals surface area contributed by atoms with Crippen LogP contribution in [-0.4, -0.2) is 16.7 Å². The third-order valence-corrected chi connectivity index (χ3v) is 5.41. The van der Waals surface area contributed by atoms with Crippen LogP contribution in [0.1, 0.15) is 39.0 Å². The summed E-state index contributed by atoms with van der Waals surface area (Å²) in [5.74, 6) is -0.0941. The number of carbonyl (C=O) groups is 1. The van der Waals surface area contributed by atoms with Crippen molar-refractivity contribution in [2.45, 2.75) is 54.7 Å². The highest BCUT2D eigenvalue weighted by Crippen LogP contribution is 2.32. The SMILES string of the molecule is CC(Sc1ccccc1Cl)C(=O)NC1(C#N)CCCCC1. The van der Waals surface area contributed by atoms with Gasteiger partial charge in [0.15, 0.2) is 0 Å². The summed E-state index contributed by atoms with van der Waals surface area (Å²) in [5.41, 5.74) is -0.676. The average molecular weight is 323 g/mol. The van der Waals surface area contributed by atoms with Crippen molar-refractivity contribution in [3.8, 4) is 6.07 Å². The summed E-state index contributed by atoms with van der Waals surface area (Å²) in [6, 6.07) is 9.79. The van der Waals surface area contributed by atoms with Crippen molar-refractivity contribution < 1.29 is 4.79 Å². The van der Waals surface area contributed by atoms with Gasteiger partial charge in [0.25, 0.3) is 0 Å². The zero-order chi connectivity index (χ0) is 15.3. The van der Waals surface area contributed by atoms with Crippen molar-refractivity contribution in [2.24, 2.45) is 0 Å². The minimum absolute atomic E-state index is 0.0941. The van der Waals surface area contributed by atoms with Gasteiger partial charge in [0.05, 0.1) is 16.3 Å². The van der Waals surface area contributed by atoms with E-state index in [1.807, 2.05) is 31.2 Å². The molecule has 0 spiro atoms. The molecule has 1 unspecified atom stereocenters. The maximum atomic E-state index is 12.4. The highest BCUT2D eigenvalue weighted by molar-refractivity contribution is 8.00. The topological polar surface area (TPSA) is 52.9 Å². The van der Waals surface area contributed by atoms with Gasteiger partial charge < -0.3 is 5.32 Å². The maximum Gasteiger partial charge on any atom is 0.234 e. The second-order valence-electron chi connectivity index (χ2n) is 5.43. The lowest BCUT2D eigenvalue weighted by Crippen LogP contribution is -2.50. The molecule has 1 fully saturated rings. The van der Waals surface area contributed by atoms with Crippen LogP contribution in [0.4, 0.5) is 0 Å². The average Bonchev–Trinajstić information content (AvgIpc) is 2.50. The molecule has 0 aliphatic heterocycles. The predicted octanol–water partition coefficient (Wildman–Crippen LogP) is 4.16. The monoisotopic (exact) mass is 322 g/mol. The van der Waals surface area contributed by atoms with Crippen LogP contribution in [0.15, 0.2) is 29.2 Å². The number of nitrogens with zero attached hydrogens (tertiary/aromatic N) is 1. The summed E-state index contributed by atoms with van der Waals surface area (Å²) < 4.78 is 0. The molecule has 1 N–H and O–H groups in total. The van der Waals surface area contributed by atoms with Gasteiger partial charge >= 0.3 is 0 Å². The third-order valence-electron chi connectivity index (χ3n) is 3.79. The summed E-state index contributed by atoms with van der Waals surface area (Å²) in [4.78, 5) is 13.3. The molecule has 1 amide bonds. The molecule has 2 rings (SSSR count). The summed E-state index contributed by atoms with van der Waals surface area (Å²) in [6.45, 7) is 1.84. The van der Waals surface area contributed by atoms with Crippen molar-refractivity contribution in [3.63, 3.8) is 0 Å². The number of carbonyl (C=O) groups excluding carboxylic acids is 1. The van der Waals surface area contributed by atoms with Gasteiger partial charge in [-0.1, -0.05) is 43.0 Å². The van der Waals surface area contributed by atoms with Crippen LogP contribution in [0.25, 0.3) is 0 Å². The summed E-state index contributed by atoms with van der Waals surface area (Å²) >= 11 is 7.54. The van der Waals surface area contributed by atoms with E-state index in [0.717, 1.165) is 37.0 Å². The lowest BCUT2D eigenvalue weighted by atomic mass is 9.83.